The molecule has 0 aliphatic carbocycles. The van der Waals surface area contributed by atoms with Gasteiger partial charge < -0.3 is 18.9 Å². The lowest BCUT2D eigenvalue weighted by Gasteiger charge is -2.29. The van der Waals surface area contributed by atoms with Crippen molar-refractivity contribution in [2.45, 2.75) is 165 Å². The molecule has 448 valence electrons. The number of anilines is 4. The number of fused-ring (bicyclic) bond motifs is 4. The Morgan fingerprint density at radius 2 is 0.776 bits per heavy atom. The monoisotopic (exact) mass is 1170 g/mol. The molecule has 16 nitrogen and oxygen atoms in total. The van der Waals surface area contributed by atoms with E-state index in [1.165, 1.54) is 0 Å². The predicted octanol–water partition coefficient (Wildman–Crippen LogP) is 16.3. The smallest absolute Gasteiger partial charge is 0.414 e. The quantitative estimate of drug-likeness (QED) is 0.0294. The molecule has 0 saturated carbocycles. The van der Waals surface area contributed by atoms with Crippen LogP contribution in [0.2, 0.25) is 0 Å². The van der Waals surface area contributed by atoms with Crippen LogP contribution >= 0.6 is 11.6 Å². The van der Waals surface area contributed by atoms with Gasteiger partial charge in [0, 0.05) is 61.6 Å². The standard InChI is InChI=1S/C68H81ClN8O8/c1-43-34-51-57(38-49(43)72-61(78)82-65(5,6)7)76(47-28-22-20-23-29-47)59-40-55(45(3)36-53(59)70-51)74(63(80)84-67(11,12)13)32-26-18-16-17-19-27-33-75(64(81)85-68(14,15)42-69)56-41-60-54(37-46(56)4)71-52-35-44(2)50(73-62(79)83-66(8,9)10)39-58(52)77(60)48-30-24-21-25-31-48/h20-25,28-31,34-41H,16-19,26-27,32-33,42H2,1-15H3/p+2. The third-order valence-corrected chi connectivity index (χ3v) is 14.7. The van der Waals surface area contributed by atoms with E-state index in [9.17, 15) is 19.2 Å². The van der Waals surface area contributed by atoms with E-state index < -0.39 is 46.8 Å². The molecule has 2 heterocycles. The number of unbranched alkanes of at least 4 members (excludes halogenated alkanes) is 5. The fourth-order valence-electron chi connectivity index (χ4n) is 10.2. The normalized spacial score (nSPS) is 12.1. The number of hydrogen-bond donors (Lipinski definition) is 2. The van der Waals surface area contributed by atoms with E-state index in [0.717, 1.165) is 103 Å². The van der Waals surface area contributed by atoms with Crippen molar-refractivity contribution in [1.29, 1.82) is 0 Å². The average Bonchev–Trinajstić information content (AvgIpc) is 1.00. The molecule has 0 radical (unpaired) electrons. The van der Waals surface area contributed by atoms with Gasteiger partial charge in [0.05, 0.1) is 28.6 Å². The first kappa shape index (κ1) is 62.9. The summed E-state index contributed by atoms with van der Waals surface area (Å²) in [4.78, 5) is 68.6. The van der Waals surface area contributed by atoms with E-state index in [4.69, 9.17) is 40.5 Å². The van der Waals surface area contributed by atoms with Gasteiger partial charge in [0.2, 0.25) is 33.4 Å². The molecule has 0 spiro atoms. The number of halogens is 1. The molecule has 0 saturated heterocycles. The summed E-state index contributed by atoms with van der Waals surface area (Å²) >= 11 is 6.34. The van der Waals surface area contributed by atoms with Gasteiger partial charge in [0.15, 0.2) is 0 Å². The Labute approximate surface area is 504 Å². The summed E-state index contributed by atoms with van der Waals surface area (Å²) in [5.74, 6) is 0.108. The number of aromatic nitrogens is 4. The molecule has 0 unspecified atom stereocenters. The van der Waals surface area contributed by atoms with E-state index >= 15 is 0 Å². The molecule has 4 amide bonds. The van der Waals surface area contributed by atoms with E-state index in [1.54, 1.807) is 23.6 Å². The average molecular weight is 1180 g/mol. The second kappa shape index (κ2) is 25.6. The lowest BCUT2D eigenvalue weighted by Crippen LogP contribution is -2.40. The fourth-order valence-corrected chi connectivity index (χ4v) is 10.2. The van der Waals surface area contributed by atoms with Gasteiger partial charge >= 0.3 is 24.4 Å². The maximum atomic E-state index is 14.4. The minimum atomic E-state index is -0.933. The highest BCUT2D eigenvalue weighted by molar-refractivity contribution is 6.18. The lowest BCUT2D eigenvalue weighted by atomic mass is 10.1. The summed E-state index contributed by atoms with van der Waals surface area (Å²) < 4.78 is 27.6. The number of amides is 4. The molecule has 85 heavy (non-hydrogen) atoms. The summed E-state index contributed by atoms with van der Waals surface area (Å²) in [5, 5.41) is 5.89. The number of rotatable bonds is 17. The highest BCUT2D eigenvalue weighted by Crippen LogP contribution is 2.34. The second-order valence-electron chi connectivity index (χ2n) is 25.6. The van der Waals surface area contributed by atoms with Gasteiger partial charge in [0.25, 0.3) is 0 Å². The summed E-state index contributed by atoms with van der Waals surface area (Å²) in [6, 6.07) is 35.7. The maximum Gasteiger partial charge on any atom is 0.414 e. The largest absolute Gasteiger partial charge is 0.444 e. The molecule has 0 aliphatic rings. The van der Waals surface area contributed by atoms with E-state index in [1.807, 2.05) is 199 Å². The van der Waals surface area contributed by atoms with Crippen LogP contribution in [0.25, 0.3) is 55.5 Å². The van der Waals surface area contributed by atoms with Crippen molar-refractivity contribution < 1.29 is 47.3 Å². The Morgan fingerprint density at radius 1 is 0.447 bits per heavy atom. The zero-order chi connectivity index (χ0) is 61.8. The number of alkyl halides is 1. The van der Waals surface area contributed by atoms with Crippen LogP contribution in [-0.4, -0.2) is 75.7 Å². The molecule has 0 atom stereocenters. The van der Waals surface area contributed by atoms with Gasteiger partial charge in [-0.25, -0.2) is 29.1 Å². The summed E-state index contributed by atoms with van der Waals surface area (Å²) in [6.45, 7) is 28.7. The minimum absolute atomic E-state index is 0.108. The fraction of sp³-hybridized carbons (Fsp3) is 0.412. The number of aryl methyl sites for hydroxylation is 4. The molecule has 0 aliphatic heterocycles. The number of ether oxygens (including phenoxy) is 4. The van der Waals surface area contributed by atoms with Crippen LogP contribution in [0.15, 0.2) is 109 Å². The van der Waals surface area contributed by atoms with Crippen LogP contribution in [0.3, 0.4) is 0 Å². The Bertz CT molecular complexity index is 3800. The van der Waals surface area contributed by atoms with Crippen LogP contribution in [0, 0.1) is 27.7 Å². The Kier molecular flexibility index (Phi) is 19.0. The van der Waals surface area contributed by atoms with Crippen molar-refractivity contribution in [3.63, 3.8) is 0 Å². The number of hydrogen-bond acceptors (Lipinski definition) is 10. The maximum absolute atomic E-state index is 14.4. The molecule has 8 rings (SSSR count). The molecule has 17 heteroatoms. The number of para-hydroxylation sites is 2. The van der Waals surface area contributed by atoms with Crippen LogP contribution in [0.4, 0.5) is 41.9 Å². The lowest BCUT2D eigenvalue weighted by molar-refractivity contribution is -0.538. The van der Waals surface area contributed by atoms with E-state index in [0.29, 0.717) is 48.7 Å². The highest BCUT2D eigenvalue weighted by Gasteiger charge is 2.32. The van der Waals surface area contributed by atoms with Gasteiger partial charge in [-0.2, -0.15) is 0 Å². The first-order valence-electron chi connectivity index (χ1n) is 29.3. The van der Waals surface area contributed by atoms with E-state index in [2.05, 4.69) is 19.8 Å². The summed E-state index contributed by atoms with van der Waals surface area (Å²) in [7, 11) is 0. The Balaban J connectivity index is 1.04. The van der Waals surface area contributed by atoms with Gasteiger partial charge in [-0.15, -0.1) is 20.7 Å². The van der Waals surface area contributed by atoms with E-state index in [-0.39, 0.29) is 5.88 Å². The van der Waals surface area contributed by atoms with Crippen molar-refractivity contribution >= 4 is 103 Å². The third kappa shape index (κ3) is 15.8. The van der Waals surface area contributed by atoms with Crippen molar-refractivity contribution in [1.82, 2.24) is 9.97 Å². The highest BCUT2D eigenvalue weighted by atomic mass is 35.5. The van der Waals surface area contributed by atoms with Gasteiger partial charge in [0.1, 0.15) is 44.5 Å². The molecule has 6 aromatic carbocycles. The van der Waals surface area contributed by atoms with Crippen molar-refractivity contribution in [3.05, 3.63) is 131 Å². The zero-order valence-electron chi connectivity index (χ0n) is 52.1. The van der Waals surface area contributed by atoms with Gasteiger partial charge in [-0.3, -0.25) is 20.4 Å². The van der Waals surface area contributed by atoms with Crippen molar-refractivity contribution in [2.24, 2.45) is 0 Å². The molecule has 2 aromatic heterocycles. The molecule has 0 bridgehead atoms. The molecule has 0 fully saturated rings. The topological polar surface area (TPSA) is 169 Å². The SMILES string of the molecule is Cc1cc2nc3cc(C)c(N(CCCCCCCCN(C(=O)OC(C)(C)CCl)c4cc5c(cc4C)nc4cc(C)c(NC(=O)OC(C)(C)C)cc4[n+]5-c4ccccc4)C(=O)OC(C)(C)C)cc3[n+](-c3ccccc3)c2cc1NC(=O)OC(C)(C)C. The number of carbonyl (C=O) groups is 4. The zero-order valence-corrected chi connectivity index (χ0v) is 52.8. The van der Waals surface area contributed by atoms with Crippen LogP contribution in [0.5, 0.6) is 0 Å². The second-order valence-corrected chi connectivity index (χ2v) is 25.8. The third-order valence-electron chi connectivity index (χ3n) is 14.1. The van der Waals surface area contributed by atoms with Crippen molar-refractivity contribution in [3.8, 4) is 11.4 Å². The number of carbonyl (C=O) groups excluding carboxylic acids is 4. The number of nitrogens with zero attached hydrogens (tertiary/aromatic N) is 6. The molecule has 8 aromatic rings. The Hall–Kier alpha value is -8.11. The van der Waals surface area contributed by atoms with Gasteiger partial charge in [-0.05, 0) is 163 Å². The van der Waals surface area contributed by atoms with Gasteiger partial charge in [-0.1, -0.05) is 62.1 Å². The van der Waals surface area contributed by atoms with Crippen molar-refractivity contribution in [2.75, 3.05) is 39.4 Å². The Morgan fingerprint density at radius 3 is 1.13 bits per heavy atom. The first-order valence-corrected chi connectivity index (χ1v) is 29.8. The molecular weight excluding hydrogens is 1090 g/mol. The summed E-state index contributed by atoms with van der Waals surface area (Å²) in [6.07, 6.45) is 2.75. The summed E-state index contributed by atoms with van der Waals surface area (Å²) in [5.41, 5.74) is 10.5. The van der Waals surface area contributed by atoms with Crippen LogP contribution < -0.4 is 29.6 Å². The molecular formula is C68H83ClN8O8+2. The van der Waals surface area contributed by atoms with Crippen LogP contribution in [-0.2, 0) is 18.9 Å². The molecule has 2 N–H and O–H groups in total. The first-order chi connectivity index (χ1) is 40.0. The van der Waals surface area contributed by atoms with Crippen LogP contribution in [0.1, 0.15) is 137 Å². The number of nitrogens with one attached hydrogen (secondary N) is 2. The number of benzene rings is 6. The predicted molar refractivity (Wildman–Crippen MR) is 340 cm³/mol. The minimum Gasteiger partial charge on any atom is -0.444 e.